The van der Waals surface area contributed by atoms with Gasteiger partial charge in [0.2, 0.25) is 0 Å². The van der Waals surface area contributed by atoms with E-state index < -0.39 is 14.6 Å². The SMILES string of the molecule is CCNC(=NCCS(=O)(=O)C(C)(C)C)NC1CCC(C(C)C)CC1.I. The maximum Gasteiger partial charge on any atom is 0.191 e. The molecule has 0 aliphatic heterocycles. The van der Waals surface area contributed by atoms with Crippen LogP contribution in [0.3, 0.4) is 0 Å². The lowest BCUT2D eigenvalue weighted by Crippen LogP contribution is -2.45. The molecule has 25 heavy (non-hydrogen) atoms. The van der Waals surface area contributed by atoms with Crippen LogP contribution in [0.25, 0.3) is 0 Å². The van der Waals surface area contributed by atoms with E-state index in [1.165, 1.54) is 12.8 Å². The van der Waals surface area contributed by atoms with Crippen molar-refractivity contribution >= 4 is 39.8 Å². The quantitative estimate of drug-likeness (QED) is 0.341. The summed E-state index contributed by atoms with van der Waals surface area (Å²) in [7, 11) is -3.12. The van der Waals surface area contributed by atoms with E-state index in [0.717, 1.165) is 37.2 Å². The van der Waals surface area contributed by atoms with E-state index in [0.29, 0.717) is 12.6 Å². The van der Waals surface area contributed by atoms with Gasteiger partial charge in [-0.25, -0.2) is 8.42 Å². The number of rotatable bonds is 6. The normalized spacial score (nSPS) is 22.4. The second-order valence-electron chi connectivity index (χ2n) is 8.19. The zero-order chi connectivity index (χ0) is 18.4. The van der Waals surface area contributed by atoms with Crippen LogP contribution in [0.4, 0.5) is 0 Å². The number of hydrogen-bond donors (Lipinski definition) is 2. The monoisotopic (exact) mass is 487 g/mol. The van der Waals surface area contributed by atoms with E-state index in [1.54, 1.807) is 20.8 Å². The molecule has 0 aromatic carbocycles. The minimum atomic E-state index is -3.12. The molecule has 0 saturated heterocycles. The Hall–Kier alpha value is -0.0500. The number of halogens is 1. The van der Waals surface area contributed by atoms with E-state index in [-0.39, 0.29) is 29.7 Å². The summed E-state index contributed by atoms with van der Waals surface area (Å²) in [5.41, 5.74) is 0. The van der Waals surface area contributed by atoms with Crippen molar-refractivity contribution in [3.05, 3.63) is 0 Å². The molecule has 0 atom stereocenters. The average molecular weight is 487 g/mol. The molecule has 5 nitrogen and oxygen atoms in total. The molecule has 0 unspecified atom stereocenters. The third-order valence-corrected chi connectivity index (χ3v) is 7.55. The summed E-state index contributed by atoms with van der Waals surface area (Å²) in [6, 6.07) is 0.442. The lowest BCUT2D eigenvalue weighted by molar-refractivity contribution is 0.250. The highest BCUT2D eigenvalue weighted by atomic mass is 127. The van der Waals surface area contributed by atoms with Gasteiger partial charge < -0.3 is 10.6 Å². The Morgan fingerprint density at radius 2 is 1.72 bits per heavy atom. The first-order valence-electron chi connectivity index (χ1n) is 9.34. The van der Waals surface area contributed by atoms with Crippen molar-refractivity contribution in [3.8, 4) is 0 Å². The molecule has 2 N–H and O–H groups in total. The van der Waals surface area contributed by atoms with E-state index in [1.807, 2.05) is 6.92 Å². The summed E-state index contributed by atoms with van der Waals surface area (Å²) < 4.78 is 23.6. The van der Waals surface area contributed by atoms with Crippen LogP contribution in [-0.4, -0.2) is 44.0 Å². The Morgan fingerprint density at radius 1 is 1.16 bits per heavy atom. The van der Waals surface area contributed by atoms with Gasteiger partial charge in [0, 0.05) is 12.6 Å². The van der Waals surface area contributed by atoms with Gasteiger partial charge in [0.15, 0.2) is 15.8 Å². The first-order chi connectivity index (χ1) is 11.1. The van der Waals surface area contributed by atoms with Crippen molar-refractivity contribution in [1.29, 1.82) is 0 Å². The van der Waals surface area contributed by atoms with Gasteiger partial charge in [-0.05, 0) is 65.2 Å². The number of guanidine groups is 1. The Bertz CT molecular complexity index is 505. The number of hydrogen-bond acceptors (Lipinski definition) is 3. The zero-order valence-electron chi connectivity index (χ0n) is 16.8. The molecule has 0 aromatic rings. The Balaban J connectivity index is 0.00000576. The van der Waals surface area contributed by atoms with Crippen molar-refractivity contribution < 1.29 is 8.42 Å². The average Bonchev–Trinajstić information content (AvgIpc) is 2.46. The standard InChI is InChI=1S/C18H37N3O2S.HI/c1-7-19-17(20-12-13-24(22,23)18(4,5)6)21-16-10-8-15(9-11-16)14(2)3;/h14-16H,7-13H2,1-6H3,(H2,19,20,21);1H. The molecular weight excluding hydrogens is 449 g/mol. The highest BCUT2D eigenvalue weighted by Gasteiger charge is 2.28. The van der Waals surface area contributed by atoms with Gasteiger partial charge in [0.25, 0.3) is 0 Å². The van der Waals surface area contributed by atoms with Crippen molar-refractivity contribution in [2.24, 2.45) is 16.8 Å². The molecule has 1 rings (SSSR count). The van der Waals surface area contributed by atoms with Gasteiger partial charge in [-0.3, -0.25) is 4.99 Å². The van der Waals surface area contributed by atoms with Gasteiger partial charge in [0.1, 0.15) is 0 Å². The van der Waals surface area contributed by atoms with E-state index in [9.17, 15) is 8.42 Å². The van der Waals surface area contributed by atoms with Crippen LogP contribution in [0.2, 0.25) is 0 Å². The summed E-state index contributed by atoms with van der Waals surface area (Å²) in [5, 5.41) is 6.72. The van der Waals surface area contributed by atoms with Gasteiger partial charge in [0.05, 0.1) is 17.0 Å². The van der Waals surface area contributed by atoms with Crippen molar-refractivity contribution in [3.63, 3.8) is 0 Å². The van der Waals surface area contributed by atoms with Crippen LogP contribution in [0.15, 0.2) is 4.99 Å². The fraction of sp³-hybridized carbons (Fsp3) is 0.944. The van der Waals surface area contributed by atoms with Gasteiger partial charge in [-0.2, -0.15) is 0 Å². The molecule has 0 spiro atoms. The van der Waals surface area contributed by atoms with Crippen LogP contribution in [-0.2, 0) is 9.84 Å². The molecule has 1 saturated carbocycles. The fourth-order valence-electron chi connectivity index (χ4n) is 3.03. The molecule has 1 aliphatic rings. The molecule has 150 valence electrons. The van der Waals surface area contributed by atoms with Crippen molar-refractivity contribution in [2.45, 2.75) is 78.0 Å². The lowest BCUT2D eigenvalue weighted by Gasteiger charge is -2.32. The summed E-state index contributed by atoms with van der Waals surface area (Å²) in [6.45, 7) is 12.9. The summed E-state index contributed by atoms with van der Waals surface area (Å²) >= 11 is 0. The molecule has 1 aliphatic carbocycles. The Labute approximate surface area is 172 Å². The zero-order valence-corrected chi connectivity index (χ0v) is 19.9. The highest BCUT2D eigenvalue weighted by molar-refractivity contribution is 14.0. The van der Waals surface area contributed by atoms with Crippen LogP contribution >= 0.6 is 24.0 Å². The predicted octanol–water partition coefficient (Wildman–Crippen LogP) is 3.59. The van der Waals surface area contributed by atoms with E-state index in [4.69, 9.17) is 0 Å². The van der Waals surface area contributed by atoms with E-state index in [2.05, 4.69) is 29.5 Å². The molecule has 7 heteroatoms. The second kappa shape index (κ2) is 10.9. The van der Waals surface area contributed by atoms with Crippen LogP contribution < -0.4 is 10.6 Å². The number of nitrogens with one attached hydrogen (secondary N) is 2. The third kappa shape index (κ3) is 8.45. The van der Waals surface area contributed by atoms with Gasteiger partial charge >= 0.3 is 0 Å². The van der Waals surface area contributed by atoms with Crippen molar-refractivity contribution in [2.75, 3.05) is 18.8 Å². The van der Waals surface area contributed by atoms with Gasteiger partial charge in [-0.1, -0.05) is 13.8 Å². The molecule has 0 aromatic heterocycles. The van der Waals surface area contributed by atoms with Crippen LogP contribution in [0.5, 0.6) is 0 Å². The van der Waals surface area contributed by atoms with Crippen LogP contribution in [0, 0.1) is 11.8 Å². The molecular formula is C18H38IN3O2S. The van der Waals surface area contributed by atoms with Crippen LogP contribution in [0.1, 0.15) is 67.2 Å². The third-order valence-electron chi connectivity index (χ3n) is 4.96. The largest absolute Gasteiger partial charge is 0.357 e. The fourth-order valence-corrected chi connectivity index (χ4v) is 3.97. The first-order valence-corrected chi connectivity index (χ1v) is 11.0. The maximum absolute atomic E-state index is 12.2. The molecule has 1 fully saturated rings. The summed E-state index contributed by atoms with van der Waals surface area (Å²) in [5.74, 6) is 2.43. The Morgan fingerprint density at radius 3 is 2.16 bits per heavy atom. The topological polar surface area (TPSA) is 70.6 Å². The first kappa shape index (κ1) is 24.9. The minimum Gasteiger partial charge on any atom is -0.357 e. The highest BCUT2D eigenvalue weighted by Crippen LogP contribution is 2.29. The maximum atomic E-state index is 12.2. The second-order valence-corrected chi connectivity index (χ2v) is 11.1. The van der Waals surface area contributed by atoms with Gasteiger partial charge in [-0.15, -0.1) is 24.0 Å². The van der Waals surface area contributed by atoms with E-state index >= 15 is 0 Å². The summed E-state index contributed by atoms with van der Waals surface area (Å²) in [4.78, 5) is 4.48. The number of aliphatic imine (C=N–C) groups is 1. The minimum absolute atomic E-state index is 0. The molecule has 0 radical (unpaired) electrons. The molecule has 0 bridgehead atoms. The smallest absolute Gasteiger partial charge is 0.191 e. The predicted molar refractivity (Wildman–Crippen MR) is 119 cm³/mol. The summed E-state index contributed by atoms with van der Waals surface area (Å²) in [6.07, 6.45) is 4.83. The van der Waals surface area contributed by atoms with Crippen molar-refractivity contribution in [1.82, 2.24) is 10.6 Å². The number of sulfone groups is 1. The molecule has 0 heterocycles. The number of nitrogens with zero attached hydrogens (tertiary/aromatic N) is 1. The molecule has 0 amide bonds. The lowest BCUT2D eigenvalue weighted by atomic mass is 9.80. The Kier molecular flexibility index (Phi) is 10.9.